The summed E-state index contributed by atoms with van der Waals surface area (Å²) in [5, 5.41) is 10.3. The second-order valence-corrected chi connectivity index (χ2v) is 11.0. The lowest BCUT2D eigenvalue weighted by atomic mass is 10.2. The summed E-state index contributed by atoms with van der Waals surface area (Å²) in [4.78, 5) is 15.8. The van der Waals surface area contributed by atoms with E-state index >= 15 is 0 Å². The molecule has 0 bridgehead atoms. The van der Waals surface area contributed by atoms with Crippen molar-refractivity contribution in [3.05, 3.63) is 110 Å². The highest BCUT2D eigenvalue weighted by molar-refractivity contribution is 14.1. The summed E-state index contributed by atoms with van der Waals surface area (Å²) in [5.41, 5.74) is 0.150. The molecule has 1 N–H and O–H groups in total. The molecule has 3 nitrogen and oxygen atoms in total. The Hall–Kier alpha value is -2.11. The maximum atomic E-state index is 13.5. The lowest BCUT2D eigenvalue weighted by Gasteiger charge is -2.10. The van der Waals surface area contributed by atoms with Gasteiger partial charge in [0.15, 0.2) is 14.7 Å². The summed E-state index contributed by atoms with van der Waals surface area (Å²) in [7, 11) is -0.440. The zero-order chi connectivity index (χ0) is 22.7. The van der Waals surface area contributed by atoms with E-state index in [4.69, 9.17) is 4.74 Å². The molecule has 4 rings (SSSR count). The van der Waals surface area contributed by atoms with Crippen molar-refractivity contribution in [1.82, 2.24) is 0 Å². The van der Waals surface area contributed by atoms with Gasteiger partial charge in [-0.2, -0.15) is 0 Å². The first-order valence-corrected chi connectivity index (χ1v) is 12.9. The largest absolute Gasteiger partial charge is 0.506 e. The highest BCUT2D eigenvalue weighted by Gasteiger charge is 2.29. The predicted molar refractivity (Wildman–Crippen MR) is 140 cm³/mol. The van der Waals surface area contributed by atoms with Gasteiger partial charge >= 0.3 is 5.97 Å². The number of hydrogen-bond acceptors (Lipinski definition) is 3. The minimum absolute atomic E-state index is 0.0824. The molecule has 0 fully saturated rings. The van der Waals surface area contributed by atoms with Crippen molar-refractivity contribution < 1.29 is 19.0 Å². The van der Waals surface area contributed by atoms with Crippen molar-refractivity contribution >= 4 is 62.0 Å². The van der Waals surface area contributed by atoms with Crippen LogP contribution < -0.4 is 4.74 Å². The van der Waals surface area contributed by atoms with Crippen LogP contribution >= 0.6 is 45.2 Å². The van der Waals surface area contributed by atoms with Crippen LogP contribution in [0.4, 0.5) is 4.39 Å². The maximum absolute atomic E-state index is 13.5. The molecule has 0 aromatic heterocycles. The molecule has 160 valence electrons. The van der Waals surface area contributed by atoms with Gasteiger partial charge in [0.1, 0.15) is 22.9 Å². The van der Waals surface area contributed by atoms with E-state index < -0.39 is 16.9 Å². The van der Waals surface area contributed by atoms with Crippen LogP contribution in [-0.2, 0) is 10.9 Å². The number of hydrogen-bond donors (Lipinski definition) is 1. The first kappa shape index (κ1) is 23.1. The molecule has 0 heterocycles. The van der Waals surface area contributed by atoms with Crippen molar-refractivity contribution in [2.75, 3.05) is 0 Å². The fraction of sp³-hybridized carbons (Fsp3) is 0. The zero-order valence-electron chi connectivity index (χ0n) is 16.5. The average molecular weight is 669 g/mol. The number of ether oxygens (including phenoxy) is 1. The van der Waals surface area contributed by atoms with Gasteiger partial charge in [-0.05, 0) is 118 Å². The first-order chi connectivity index (χ1) is 15.4. The number of rotatable bonds is 5. The van der Waals surface area contributed by atoms with Gasteiger partial charge in [0.2, 0.25) is 0 Å². The van der Waals surface area contributed by atoms with Gasteiger partial charge in [-0.3, -0.25) is 0 Å². The predicted octanol–water partition coefficient (Wildman–Crippen LogP) is 7.06. The standard InChI is InChI=1S/C25H15FI2O3S/c26-16-6-10-19(11-7-16)32(18-4-2-1-3-5-18)20-12-8-17(9-13-20)31-25(30)23-21(27)14-15-22(28)24(23)29/h1-15H/p+1. The molecule has 0 radical (unpaired) electrons. The Bertz CT molecular complexity index is 1250. The van der Waals surface area contributed by atoms with Crippen LogP contribution in [0, 0.1) is 13.0 Å². The van der Waals surface area contributed by atoms with Crippen molar-refractivity contribution in [3.63, 3.8) is 0 Å². The average Bonchev–Trinajstić information content (AvgIpc) is 2.80. The number of esters is 1. The number of phenols is 1. The van der Waals surface area contributed by atoms with Crippen LogP contribution in [0.25, 0.3) is 0 Å². The van der Waals surface area contributed by atoms with E-state index in [-0.39, 0.29) is 17.1 Å². The van der Waals surface area contributed by atoms with Gasteiger partial charge in [-0.15, -0.1) is 0 Å². The molecule has 1 atom stereocenters. The minimum atomic E-state index is -0.612. The number of benzene rings is 4. The SMILES string of the molecule is O=C(Oc1ccc([S+](c2ccccc2)c2ccc(F)cc2)cc1)c1c(I)ccc(I)c1O. The van der Waals surface area contributed by atoms with Crippen LogP contribution in [0.2, 0.25) is 0 Å². The molecule has 0 aliphatic carbocycles. The highest BCUT2D eigenvalue weighted by atomic mass is 127. The molecule has 7 heteroatoms. The summed E-state index contributed by atoms with van der Waals surface area (Å²) >= 11 is 3.97. The van der Waals surface area contributed by atoms with Crippen molar-refractivity contribution in [1.29, 1.82) is 0 Å². The summed E-state index contributed by atoms with van der Waals surface area (Å²) in [5.74, 6) is -0.593. The van der Waals surface area contributed by atoms with E-state index in [9.17, 15) is 14.3 Å². The zero-order valence-corrected chi connectivity index (χ0v) is 21.6. The van der Waals surface area contributed by atoms with Gasteiger partial charge in [0.25, 0.3) is 0 Å². The van der Waals surface area contributed by atoms with Gasteiger partial charge in [-0.25, -0.2) is 9.18 Å². The van der Waals surface area contributed by atoms with Crippen molar-refractivity contribution in [2.24, 2.45) is 0 Å². The van der Waals surface area contributed by atoms with E-state index in [1.165, 1.54) is 12.1 Å². The summed E-state index contributed by atoms with van der Waals surface area (Å²) in [6.45, 7) is 0. The van der Waals surface area contributed by atoms with E-state index in [1.807, 2.05) is 87.6 Å². The molecule has 0 aliphatic rings. The molecule has 0 saturated heterocycles. The Kier molecular flexibility index (Phi) is 7.37. The first-order valence-electron chi connectivity index (χ1n) is 9.48. The van der Waals surface area contributed by atoms with Gasteiger partial charge in [0, 0.05) is 3.57 Å². The smallest absolute Gasteiger partial charge is 0.348 e. The summed E-state index contributed by atoms with van der Waals surface area (Å²) < 4.78 is 20.2. The molecule has 0 aliphatic heterocycles. The number of phenolic OH excluding ortho intramolecular Hbond substituents is 1. The monoisotopic (exact) mass is 669 g/mol. The Morgan fingerprint density at radius 3 is 1.91 bits per heavy atom. The lowest BCUT2D eigenvalue weighted by molar-refractivity contribution is 0.0730. The third-order valence-corrected chi connectivity index (χ3v) is 8.58. The number of aromatic hydroxyl groups is 1. The van der Waals surface area contributed by atoms with E-state index in [2.05, 4.69) is 0 Å². The van der Waals surface area contributed by atoms with Crippen LogP contribution in [0.15, 0.2) is 106 Å². The quantitative estimate of drug-likeness (QED) is 0.107. The molecule has 32 heavy (non-hydrogen) atoms. The third-order valence-electron chi connectivity index (χ3n) is 4.58. The molecule has 0 saturated carbocycles. The number of carbonyl (C=O) groups is 1. The highest BCUT2D eigenvalue weighted by Crippen LogP contribution is 2.33. The molecule has 4 aromatic rings. The molecule has 0 spiro atoms. The van der Waals surface area contributed by atoms with Gasteiger partial charge in [-0.1, -0.05) is 18.2 Å². The molecular weight excluding hydrogens is 653 g/mol. The van der Waals surface area contributed by atoms with E-state index in [1.54, 1.807) is 36.4 Å². The topological polar surface area (TPSA) is 46.5 Å². The van der Waals surface area contributed by atoms with Crippen LogP contribution in [0.5, 0.6) is 11.5 Å². The summed E-state index contributed by atoms with van der Waals surface area (Å²) in [6, 6.07) is 27.3. The van der Waals surface area contributed by atoms with Crippen LogP contribution in [0.3, 0.4) is 0 Å². The lowest BCUT2D eigenvalue weighted by Crippen LogP contribution is -2.11. The Morgan fingerprint density at radius 1 is 0.750 bits per heavy atom. The van der Waals surface area contributed by atoms with Crippen LogP contribution in [-0.4, -0.2) is 11.1 Å². The summed E-state index contributed by atoms with van der Waals surface area (Å²) in [6.07, 6.45) is 0. The van der Waals surface area contributed by atoms with E-state index in [0.29, 0.717) is 12.9 Å². The van der Waals surface area contributed by atoms with Gasteiger partial charge < -0.3 is 9.84 Å². The second-order valence-electron chi connectivity index (χ2n) is 6.69. The van der Waals surface area contributed by atoms with E-state index in [0.717, 1.165) is 14.7 Å². The third kappa shape index (κ3) is 5.10. The fourth-order valence-electron chi connectivity index (χ4n) is 3.07. The Balaban J connectivity index is 1.63. The number of carbonyl (C=O) groups excluding carboxylic acids is 1. The minimum Gasteiger partial charge on any atom is -0.506 e. The van der Waals surface area contributed by atoms with Crippen LogP contribution in [0.1, 0.15) is 10.4 Å². The second kappa shape index (κ2) is 10.2. The normalized spacial score (nSPS) is 11.7. The Labute approximate surface area is 215 Å². The Morgan fingerprint density at radius 2 is 1.28 bits per heavy atom. The molecule has 0 amide bonds. The van der Waals surface area contributed by atoms with Crippen molar-refractivity contribution in [3.8, 4) is 11.5 Å². The fourth-order valence-corrected chi connectivity index (χ4v) is 6.24. The molecular formula is C25H16FI2O3S+. The number of halogens is 3. The molecule has 4 aromatic carbocycles. The van der Waals surface area contributed by atoms with Crippen molar-refractivity contribution in [2.45, 2.75) is 14.7 Å². The van der Waals surface area contributed by atoms with Gasteiger partial charge in [0.05, 0.1) is 14.5 Å². The maximum Gasteiger partial charge on any atom is 0.348 e. The molecule has 1 unspecified atom stereocenters.